The SMILES string of the molecule is NCC(CC(=O)O)c1c[nH]c2ccc(Br)cc12. The van der Waals surface area contributed by atoms with E-state index in [1.165, 1.54) is 0 Å². The van der Waals surface area contributed by atoms with Gasteiger partial charge in [0.15, 0.2) is 0 Å². The molecule has 17 heavy (non-hydrogen) atoms. The van der Waals surface area contributed by atoms with E-state index in [0.717, 1.165) is 20.9 Å². The number of H-pyrrole nitrogens is 1. The minimum atomic E-state index is -0.829. The zero-order chi connectivity index (χ0) is 12.4. The molecule has 1 unspecified atom stereocenters. The fourth-order valence-corrected chi connectivity index (χ4v) is 2.34. The molecule has 0 bridgehead atoms. The first-order valence-electron chi connectivity index (χ1n) is 5.30. The number of halogens is 1. The number of benzene rings is 1. The van der Waals surface area contributed by atoms with Gasteiger partial charge in [-0.3, -0.25) is 4.79 Å². The van der Waals surface area contributed by atoms with E-state index in [4.69, 9.17) is 10.8 Å². The van der Waals surface area contributed by atoms with E-state index in [0.29, 0.717) is 6.54 Å². The van der Waals surface area contributed by atoms with Gasteiger partial charge >= 0.3 is 5.97 Å². The summed E-state index contributed by atoms with van der Waals surface area (Å²) < 4.78 is 0.969. The molecule has 4 nitrogen and oxygen atoms in total. The summed E-state index contributed by atoms with van der Waals surface area (Å²) in [5.74, 6) is -0.986. The van der Waals surface area contributed by atoms with Crippen molar-refractivity contribution in [1.29, 1.82) is 0 Å². The van der Waals surface area contributed by atoms with Crippen molar-refractivity contribution in [1.82, 2.24) is 4.98 Å². The third-order valence-corrected chi connectivity index (χ3v) is 3.31. The van der Waals surface area contributed by atoms with Gasteiger partial charge in [0.2, 0.25) is 0 Å². The summed E-state index contributed by atoms with van der Waals surface area (Å²) in [6, 6.07) is 5.88. The minimum absolute atomic E-state index is 0.0516. The molecule has 2 rings (SSSR count). The third-order valence-electron chi connectivity index (χ3n) is 2.82. The van der Waals surface area contributed by atoms with Crippen molar-refractivity contribution >= 4 is 32.8 Å². The monoisotopic (exact) mass is 296 g/mol. The number of carbonyl (C=O) groups is 1. The Morgan fingerprint density at radius 2 is 2.29 bits per heavy atom. The Morgan fingerprint density at radius 1 is 1.53 bits per heavy atom. The van der Waals surface area contributed by atoms with Crippen LogP contribution in [0.1, 0.15) is 17.9 Å². The second kappa shape index (κ2) is 4.89. The van der Waals surface area contributed by atoms with E-state index in [9.17, 15) is 4.79 Å². The predicted molar refractivity (Wildman–Crippen MR) is 70.0 cm³/mol. The average Bonchev–Trinajstić information content (AvgIpc) is 2.68. The minimum Gasteiger partial charge on any atom is -0.481 e. The Balaban J connectivity index is 2.46. The first-order chi connectivity index (χ1) is 8.11. The van der Waals surface area contributed by atoms with E-state index in [-0.39, 0.29) is 12.3 Å². The molecule has 5 heteroatoms. The molecule has 1 aromatic carbocycles. The van der Waals surface area contributed by atoms with E-state index in [1.54, 1.807) is 0 Å². The molecule has 0 spiro atoms. The van der Waals surface area contributed by atoms with Gasteiger partial charge in [0.25, 0.3) is 0 Å². The van der Waals surface area contributed by atoms with Crippen molar-refractivity contribution in [3.05, 3.63) is 34.4 Å². The number of carboxylic acid groups (broad SMARTS) is 1. The molecule has 0 aliphatic rings. The molecule has 1 aromatic heterocycles. The number of hydrogen-bond donors (Lipinski definition) is 3. The molecule has 0 amide bonds. The van der Waals surface area contributed by atoms with Gasteiger partial charge in [-0.05, 0) is 30.3 Å². The lowest BCUT2D eigenvalue weighted by Gasteiger charge is -2.11. The molecule has 0 aliphatic carbocycles. The van der Waals surface area contributed by atoms with E-state index >= 15 is 0 Å². The summed E-state index contributed by atoms with van der Waals surface area (Å²) in [6.45, 7) is 0.325. The van der Waals surface area contributed by atoms with Crippen molar-refractivity contribution in [3.8, 4) is 0 Å². The van der Waals surface area contributed by atoms with Crippen LogP contribution in [0.25, 0.3) is 10.9 Å². The molecular weight excluding hydrogens is 284 g/mol. The van der Waals surface area contributed by atoms with Crippen molar-refractivity contribution in [2.24, 2.45) is 5.73 Å². The van der Waals surface area contributed by atoms with Crippen LogP contribution in [-0.2, 0) is 4.79 Å². The predicted octanol–water partition coefficient (Wildman–Crippen LogP) is 2.45. The van der Waals surface area contributed by atoms with Crippen LogP contribution in [0.4, 0.5) is 0 Å². The van der Waals surface area contributed by atoms with Gasteiger partial charge in [0.05, 0.1) is 6.42 Å². The van der Waals surface area contributed by atoms with Crippen molar-refractivity contribution in [2.75, 3.05) is 6.54 Å². The lowest BCUT2D eigenvalue weighted by molar-refractivity contribution is -0.137. The molecule has 0 saturated heterocycles. The molecule has 2 aromatic rings. The summed E-state index contributed by atoms with van der Waals surface area (Å²) in [5, 5.41) is 9.89. The van der Waals surface area contributed by atoms with Crippen LogP contribution in [-0.4, -0.2) is 22.6 Å². The topological polar surface area (TPSA) is 79.1 Å². The highest BCUT2D eigenvalue weighted by Gasteiger charge is 2.17. The fourth-order valence-electron chi connectivity index (χ4n) is 1.98. The van der Waals surface area contributed by atoms with Gasteiger partial charge in [0.1, 0.15) is 0 Å². The van der Waals surface area contributed by atoms with Crippen LogP contribution < -0.4 is 5.73 Å². The van der Waals surface area contributed by atoms with Crippen LogP contribution in [0.2, 0.25) is 0 Å². The smallest absolute Gasteiger partial charge is 0.304 e. The van der Waals surface area contributed by atoms with Crippen molar-refractivity contribution < 1.29 is 9.90 Å². The average molecular weight is 297 g/mol. The summed E-state index contributed by atoms with van der Waals surface area (Å²) in [6.07, 6.45) is 1.90. The molecular formula is C12H13BrN2O2. The quantitative estimate of drug-likeness (QED) is 0.811. The highest BCUT2D eigenvalue weighted by atomic mass is 79.9. The van der Waals surface area contributed by atoms with E-state index in [2.05, 4.69) is 20.9 Å². The maximum absolute atomic E-state index is 10.8. The Hall–Kier alpha value is -1.33. The van der Waals surface area contributed by atoms with Crippen molar-refractivity contribution in [2.45, 2.75) is 12.3 Å². The van der Waals surface area contributed by atoms with E-state index in [1.807, 2.05) is 24.4 Å². The van der Waals surface area contributed by atoms with Gasteiger partial charge < -0.3 is 15.8 Å². The molecule has 90 valence electrons. The molecule has 0 aliphatic heterocycles. The molecule has 4 N–H and O–H groups in total. The van der Waals surface area contributed by atoms with Gasteiger partial charge in [-0.2, -0.15) is 0 Å². The summed E-state index contributed by atoms with van der Waals surface area (Å²) in [5.41, 5.74) is 7.61. The molecule has 0 radical (unpaired) electrons. The van der Waals surface area contributed by atoms with Gasteiger partial charge in [0, 0.05) is 27.5 Å². The Morgan fingerprint density at radius 3 is 2.94 bits per heavy atom. The highest BCUT2D eigenvalue weighted by molar-refractivity contribution is 9.10. The maximum Gasteiger partial charge on any atom is 0.304 e. The lowest BCUT2D eigenvalue weighted by atomic mass is 9.95. The number of aliphatic carboxylic acids is 1. The number of aromatic nitrogens is 1. The number of nitrogens with one attached hydrogen (secondary N) is 1. The van der Waals surface area contributed by atoms with Crippen molar-refractivity contribution in [3.63, 3.8) is 0 Å². The summed E-state index contributed by atoms with van der Waals surface area (Å²) >= 11 is 3.41. The van der Waals surface area contributed by atoms with Gasteiger partial charge in [-0.15, -0.1) is 0 Å². The third kappa shape index (κ3) is 2.50. The first-order valence-corrected chi connectivity index (χ1v) is 6.09. The number of carboxylic acids is 1. The number of fused-ring (bicyclic) bond motifs is 1. The molecule has 0 saturated carbocycles. The zero-order valence-corrected chi connectivity index (χ0v) is 10.7. The summed E-state index contributed by atoms with van der Waals surface area (Å²) in [7, 11) is 0. The van der Waals surface area contributed by atoms with Crippen LogP contribution >= 0.6 is 15.9 Å². The number of hydrogen-bond acceptors (Lipinski definition) is 2. The Kier molecular flexibility index (Phi) is 3.49. The van der Waals surface area contributed by atoms with Crippen LogP contribution in [0.3, 0.4) is 0 Å². The summed E-state index contributed by atoms with van der Waals surface area (Å²) in [4.78, 5) is 13.9. The number of rotatable bonds is 4. The van der Waals surface area contributed by atoms with Crippen LogP contribution in [0.5, 0.6) is 0 Å². The molecule has 1 heterocycles. The normalized spacial score (nSPS) is 12.8. The standard InChI is InChI=1S/C12H13BrN2O2/c13-8-1-2-11-9(4-8)10(6-15-11)7(5-14)3-12(16)17/h1-2,4,6-7,15H,3,5,14H2,(H,16,17). The van der Waals surface area contributed by atoms with Gasteiger partial charge in [-0.1, -0.05) is 15.9 Å². The first kappa shape index (κ1) is 12.1. The lowest BCUT2D eigenvalue weighted by Crippen LogP contribution is -2.15. The van der Waals surface area contributed by atoms with Gasteiger partial charge in [-0.25, -0.2) is 0 Å². The second-order valence-electron chi connectivity index (χ2n) is 3.96. The Bertz CT molecular complexity index is 550. The number of aromatic amines is 1. The van der Waals surface area contributed by atoms with Crippen LogP contribution in [0.15, 0.2) is 28.9 Å². The number of nitrogens with two attached hydrogens (primary N) is 1. The molecule has 0 fully saturated rings. The fraction of sp³-hybridized carbons (Fsp3) is 0.250. The largest absolute Gasteiger partial charge is 0.481 e. The highest BCUT2D eigenvalue weighted by Crippen LogP contribution is 2.29. The Labute approximate surface area is 107 Å². The molecule has 1 atom stereocenters. The van der Waals surface area contributed by atoms with E-state index < -0.39 is 5.97 Å². The second-order valence-corrected chi connectivity index (χ2v) is 4.88. The van der Waals surface area contributed by atoms with Crippen LogP contribution in [0, 0.1) is 0 Å². The zero-order valence-electron chi connectivity index (χ0n) is 9.11. The maximum atomic E-state index is 10.8.